The Morgan fingerprint density at radius 2 is 2.25 bits per heavy atom. The summed E-state index contributed by atoms with van der Waals surface area (Å²) in [6, 6.07) is 8.31. The van der Waals surface area contributed by atoms with Crippen molar-refractivity contribution in [2.75, 3.05) is 24.7 Å². The van der Waals surface area contributed by atoms with E-state index in [1.807, 2.05) is 24.3 Å². The molecule has 0 saturated carbocycles. The van der Waals surface area contributed by atoms with Crippen molar-refractivity contribution < 1.29 is 14.3 Å². The average Bonchev–Trinajstić information content (AvgIpc) is 2.59. The molecule has 0 spiro atoms. The molecule has 0 aromatic heterocycles. The lowest BCUT2D eigenvalue weighted by atomic mass is 9.92. The summed E-state index contributed by atoms with van der Waals surface area (Å²) in [7, 11) is 1.41. The standard InChI is InChI=1S/C18H26N2O3S/c1-13-10-15(6-8-19-13)18(22)20-16-5-3-4-14(11-16)12-24-9-7-17(21)23-2/h3-5,11,13,15,19H,6-10,12H2,1-2H3,(H,20,22)/t13-,15-/m0/s1. The predicted octanol–water partition coefficient (Wildman–Crippen LogP) is 2.81. The highest BCUT2D eigenvalue weighted by molar-refractivity contribution is 7.98. The number of thioether (sulfide) groups is 1. The maximum atomic E-state index is 12.4. The Hall–Kier alpha value is -1.53. The van der Waals surface area contributed by atoms with Crippen molar-refractivity contribution in [1.82, 2.24) is 5.32 Å². The molecule has 6 heteroatoms. The second-order valence-corrected chi connectivity index (χ2v) is 7.25. The molecule has 0 aliphatic carbocycles. The molecule has 2 atom stereocenters. The molecule has 0 unspecified atom stereocenters. The molecule has 2 rings (SSSR count). The van der Waals surface area contributed by atoms with Gasteiger partial charge in [0.2, 0.25) is 5.91 Å². The molecule has 1 aromatic rings. The summed E-state index contributed by atoms with van der Waals surface area (Å²) in [5.74, 6) is 1.55. The van der Waals surface area contributed by atoms with Gasteiger partial charge in [-0.05, 0) is 44.0 Å². The molecule has 1 saturated heterocycles. The van der Waals surface area contributed by atoms with Gasteiger partial charge in [-0.1, -0.05) is 12.1 Å². The zero-order chi connectivity index (χ0) is 17.4. The van der Waals surface area contributed by atoms with Crippen molar-refractivity contribution in [2.24, 2.45) is 5.92 Å². The highest BCUT2D eigenvalue weighted by atomic mass is 32.2. The van der Waals surface area contributed by atoms with E-state index >= 15 is 0 Å². The normalized spacial score (nSPS) is 20.4. The molecule has 1 aliphatic heterocycles. The third kappa shape index (κ3) is 6.17. The van der Waals surface area contributed by atoms with E-state index in [-0.39, 0.29) is 17.8 Å². The van der Waals surface area contributed by atoms with Crippen LogP contribution in [0.3, 0.4) is 0 Å². The van der Waals surface area contributed by atoms with Crippen LogP contribution in [0.5, 0.6) is 0 Å². The van der Waals surface area contributed by atoms with Gasteiger partial charge < -0.3 is 15.4 Å². The van der Waals surface area contributed by atoms with E-state index in [0.29, 0.717) is 12.5 Å². The second kappa shape index (κ2) is 9.69. The molecule has 1 aliphatic rings. The lowest BCUT2D eigenvalue weighted by Crippen LogP contribution is -2.40. The first-order valence-corrected chi connectivity index (χ1v) is 9.51. The SMILES string of the molecule is COC(=O)CCSCc1cccc(NC(=O)[C@H]2CCN[C@@H](C)C2)c1. The number of carbonyl (C=O) groups is 2. The minimum absolute atomic E-state index is 0.0827. The Kier molecular flexibility index (Phi) is 7.59. The second-order valence-electron chi connectivity index (χ2n) is 6.14. The van der Waals surface area contributed by atoms with Gasteiger partial charge in [0.25, 0.3) is 0 Å². The Labute approximate surface area is 147 Å². The van der Waals surface area contributed by atoms with E-state index in [1.54, 1.807) is 11.8 Å². The number of nitrogens with one attached hydrogen (secondary N) is 2. The predicted molar refractivity (Wildman–Crippen MR) is 98.1 cm³/mol. The van der Waals surface area contributed by atoms with Crippen LogP contribution in [0.15, 0.2) is 24.3 Å². The number of esters is 1. The Balaban J connectivity index is 1.81. The number of benzene rings is 1. The summed E-state index contributed by atoms with van der Waals surface area (Å²) in [6.07, 6.45) is 2.19. The Bertz CT molecular complexity index is 565. The van der Waals surface area contributed by atoms with Gasteiger partial charge in [0.05, 0.1) is 13.5 Å². The molecule has 1 heterocycles. The molecule has 0 bridgehead atoms. The third-order valence-electron chi connectivity index (χ3n) is 4.14. The maximum Gasteiger partial charge on any atom is 0.306 e. The van der Waals surface area contributed by atoms with Gasteiger partial charge in [0.1, 0.15) is 0 Å². The van der Waals surface area contributed by atoms with Crippen LogP contribution < -0.4 is 10.6 Å². The summed E-state index contributed by atoms with van der Waals surface area (Å²) in [6.45, 7) is 3.02. The lowest BCUT2D eigenvalue weighted by molar-refractivity contribution is -0.140. The highest BCUT2D eigenvalue weighted by Crippen LogP contribution is 2.21. The molecule has 1 amide bonds. The Morgan fingerprint density at radius 1 is 1.42 bits per heavy atom. The van der Waals surface area contributed by atoms with E-state index < -0.39 is 0 Å². The van der Waals surface area contributed by atoms with Gasteiger partial charge in [-0.3, -0.25) is 9.59 Å². The number of hydrogen-bond acceptors (Lipinski definition) is 5. The van der Waals surface area contributed by atoms with E-state index in [4.69, 9.17) is 0 Å². The van der Waals surface area contributed by atoms with Crippen LogP contribution in [0.2, 0.25) is 0 Å². The van der Waals surface area contributed by atoms with Crippen LogP contribution in [-0.2, 0) is 20.1 Å². The van der Waals surface area contributed by atoms with Gasteiger partial charge in [0, 0.05) is 29.2 Å². The van der Waals surface area contributed by atoms with Crippen molar-refractivity contribution in [3.8, 4) is 0 Å². The first-order chi connectivity index (χ1) is 11.6. The van der Waals surface area contributed by atoms with Crippen LogP contribution in [0.25, 0.3) is 0 Å². The fourth-order valence-electron chi connectivity index (χ4n) is 2.80. The van der Waals surface area contributed by atoms with Crippen LogP contribution in [-0.4, -0.2) is 37.3 Å². The minimum atomic E-state index is -0.181. The number of anilines is 1. The zero-order valence-electron chi connectivity index (χ0n) is 14.3. The molecule has 2 N–H and O–H groups in total. The Morgan fingerprint density at radius 3 is 3.00 bits per heavy atom. The monoisotopic (exact) mass is 350 g/mol. The van der Waals surface area contributed by atoms with Gasteiger partial charge in [-0.15, -0.1) is 0 Å². The van der Waals surface area contributed by atoms with Crippen LogP contribution in [0, 0.1) is 5.92 Å². The number of amides is 1. The van der Waals surface area contributed by atoms with Crippen molar-refractivity contribution in [3.63, 3.8) is 0 Å². The summed E-state index contributed by atoms with van der Waals surface area (Å²) in [5, 5.41) is 6.41. The number of ether oxygens (including phenoxy) is 1. The third-order valence-corrected chi connectivity index (χ3v) is 5.17. The molecular weight excluding hydrogens is 324 g/mol. The van der Waals surface area contributed by atoms with Crippen molar-refractivity contribution in [1.29, 1.82) is 0 Å². The average molecular weight is 350 g/mol. The van der Waals surface area contributed by atoms with Gasteiger partial charge >= 0.3 is 5.97 Å². The van der Waals surface area contributed by atoms with E-state index in [2.05, 4.69) is 22.3 Å². The zero-order valence-corrected chi connectivity index (χ0v) is 15.2. The van der Waals surface area contributed by atoms with Gasteiger partial charge in [-0.25, -0.2) is 0 Å². The van der Waals surface area contributed by atoms with Gasteiger partial charge in [-0.2, -0.15) is 11.8 Å². The molecule has 132 valence electrons. The van der Waals surface area contributed by atoms with E-state index in [1.165, 1.54) is 7.11 Å². The summed E-state index contributed by atoms with van der Waals surface area (Å²) >= 11 is 1.68. The largest absolute Gasteiger partial charge is 0.469 e. The first-order valence-electron chi connectivity index (χ1n) is 8.36. The minimum Gasteiger partial charge on any atom is -0.469 e. The van der Waals surface area contributed by atoms with Gasteiger partial charge in [0.15, 0.2) is 0 Å². The van der Waals surface area contributed by atoms with E-state index in [9.17, 15) is 9.59 Å². The number of rotatable bonds is 7. The molecule has 1 aromatic carbocycles. The molecule has 24 heavy (non-hydrogen) atoms. The topological polar surface area (TPSA) is 67.4 Å². The van der Waals surface area contributed by atoms with Crippen molar-refractivity contribution in [2.45, 2.75) is 38.0 Å². The van der Waals surface area contributed by atoms with Crippen LogP contribution >= 0.6 is 11.8 Å². The smallest absolute Gasteiger partial charge is 0.306 e. The molecule has 5 nitrogen and oxygen atoms in total. The number of methoxy groups -OCH3 is 1. The molecule has 1 fully saturated rings. The lowest BCUT2D eigenvalue weighted by Gasteiger charge is -2.27. The maximum absolute atomic E-state index is 12.4. The summed E-state index contributed by atoms with van der Waals surface area (Å²) in [5.41, 5.74) is 1.98. The number of piperidine rings is 1. The number of carbonyl (C=O) groups excluding carboxylic acids is 2. The fraction of sp³-hybridized carbons (Fsp3) is 0.556. The quantitative estimate of drug-likeness (QED) is 0.585. The summed E-state index contributed by atoms with van der Waals surface area (Å²) in [4.78, 5) is 23.5. The van der Waals surface area contributed by atoms with Crippen LogP contribution in [0.1, 0.15) is 31.7 Å². The fourth-order valence-corrected chi connectivity index (χ4v) is 3.67. The van der Waals surface area contributed by atoms with E-state index in [0.717, 1.165) is 42.1 Å². The summed E-state index contributed by atoms with van der Waals surface area (Å²) < 4.78 is 4.63. The highest BCUT2D eigenvalue weighted by Gasteiger charge is 2.24. The first kappa shape index (κ1) is 18.8. The van der Waals surface area contributed by atoms with Crippen molar-refractivity contribution >= 4 is 29.3 Å². The van der Waals surface area contributed by atoms with Crippen molar-refractivity contribution in [3.05, 3.63) is 29.8 Å². The molecule has 0 radical (unpaired) electrons. The molecular formula is C18H26N2O3S. The number of hydrogen-bond donors (Lipinski definition) is 2. The van der Waals surface area contributed by atoms with Crippen LogP contribution in [0.4, 0.5) is 5.69 Å².